The molecule has 0 aliphatic rings. The molecule has 9 nitrogen and oxygen atoms in total. The first-order valence-corrected chi connectivity index (χ1v) is 13.5. The normalized spacial score (nSPS) is 11.0. The lowest BCUT2D eigenvalue weighted by atomic mass is 9.98. The maximum absolute atomic E-state index is 13.4. The van der Waals surface area contributed by atoms with Gasteiger partial charge < -0.3 is 18.9 Å². The number of rotatable bonds is 12. The number of Topliss-reactive ketones (excluding diaryl/α,β-unsaturated/α-hetero) is 1. The molecule has 0 atom stereocenters. The Labute approximate surface area is 235 Å². The van der Waals surface area contributed by atoms with E-state index in [1.54, 1.807) is 45.9 Å². The molecular weight excluding hydrogens is 534 g/mol. The minimum atomic E-state index is -0.666. The monoisotopic (exact) mass is 563 g/mol. The Morgan fingerprint density at radius 2 is 1.60 bits per heavy atom. The summed E-state index contributed by atoms with van der Waals surface area (Å²) in [5.74, 6) is -2.12. The number of benzene rings is 2. The number of fused-ring (bicyclic) bond motifs is 1. The van der Waals surface area contributed by atoms with Gasteiger partial charge >= 0.3 is 17.9 Å². The van der Waals surface area contributed by atoms with E-state index in [0.29, 0.717) is 21.4 Å². The van der Waals surface area contributed by atoms with Crippen LogP contribution in [0, 0.1) is 18.3 Å². The summed E-state index contributed by atoms with van der Waals surface area (Å²) >= 11 is 0.964. The average molecular weight is 564 g/mol. The van der Waals surface area contributed by atoms with E-state index in [1.165, 1.54) is 6.08 Å². The number of allylic oxidation sites excluding steroid dienone is 1. The molecule has 1 heterocycles. The van der Waals surface area contributed by atoms with E-state index in [9.17, 15) is 24.4 Å². The smallest absolute Gasteiger partial charge is 0.348 e. The van der Waals surface area contributed by atoms with Gasteiger partial charge in [-0.15, -0.1) is 11.3 Å². The first-order chi connectivity index (χ1) is 19.2. The van der Waals surface area contributed by atoms with Crippen LogP contribution in [-0.2, 0) is 30.2 Å². The molecule has 2 aromatic carbocycles. The van der Waals surface area contributed by atoms with Gasteiger partial charge in [-0.25, -0.2) is 14.4 Å². The highest BCUT2D eigenvalue weighted by Gasteiger charge is 2.28. The number of hydrogen-bond donors (Lipinski definition) is 0. The van der Waals surface area contributed by atoms with Crippen LogP contribution in [-0.4, -0.2) is 50.1 Å². The first kappa shape index (κ1) is 30.1. The topological polar surface area (TPSA) is 129 Å². The highest BCUT2D eigenvalue weighted by molar-refractivity contribution is 7.14. The number of ketones is 1. The summed E-state index contributed by atoms with van der Waals surface area (Å²) in [5, 5.41) is 11.5. The predicted molar refractivity (Wildman–Crippen MR) is 149 cm³/mol. The van der Waals surface area contributed by atoms with E-state index < -0.39 is 23.7 Å². The molecule has 0 unspecified atom stereocenters. The first-order valence-electron chi connectivity index (χ1n) is 12.7. The van der Waals surface area contributed by atoms with Gasteiger partial charge in [0, 0.05) is 16.9 Å². The van der Waals surface area contributed by atoms with Gasteiger partial charge in [-0.1, -0.05) is 30.3 Å². The van der Waals surface area contributed by atoms with Crippen LogP contribution in [0.5, 0.6) is 5.75 Å². The summed E-state index contributed by atoms with van der Waals surface area (Å²) < 4.78 is 20.9. The zero-order valence-corrected chi connectivity index (χ0v) is 23.5. The summed E-state index contributed by atoms with van der Waals surface area (Å²) in [6.45, 7) is 6.70. The summed E-state index contributed by atoms with van der Waals surface area (Å²) in [6.07, 6.45) is 1.09. The van der Waals surface area contributed by atoms with Crippen LogP contribution in [0.1, 0.15) is 56.8 Å². The van der Waals surface area contributed by atoms with Gasteiger partial charge in [-0.05, 0) is 56.2 Å². The molecule has 3 aromatic rings. The van der Waals surface area contributed by atoms with E-state index in [4.69, 9.17) is 18.9 Å². The molecule has 3 rings (SSSR count). The highest BCUT2D eigenvalue weighted by atomic mass is 32.1. The molecule has 10 heteroatoms. The molecule has 0 fully saturated rings. The Morgan fingerprint density at radius 3 is 2.27 bits per heavy atom. The molecule has 0 spiro atoms. The van der Waals surface area contributed by atoms with Gasteiger partial charge in [-0.2, -0.15) is 5.26 Å². The van der Waals surface area contributed by atoms with Crippen LogP contribution >= 0.6 is 11.3 Å². The lowest BCUT2D eigenvalue weighted by molar-refractivity contribution is -0.145. The molecule has 0 N–H and O–H groups in total. The molecule has 208 valence electrons. The van der Waals surface area contributed by atoms with E-state index in [0.717, 1.165) is 16.7 Å². The zero-order valence-electron chi connectivity index (χ0n) is 22.7. The molecule has 0 aliphatic carbocycles. The van der Waals surface area contributed by atoms with E-state index >= 15 is 0 Å². The fraction of sp³-hybridized carbons (Fsp3) is 0.300. The molecule has 0 amide bonds. The molecule has 1 aromatic heterocycles. The van der Waals surface area contributed by atoms with Crippen LogP contribution in [0.2, 0.25) is 0 Å². The van der Waals surface area contributed by atoms with Crippen molar-refractivity contribution in [2.75, 3.05) is 26.4 Å². The molecule has 0 radical (unpaired) electrons. The fourth-order valence-electron chi connectivity index (χ4n) is 4.01. The van der Waals surface area contributed by atoms with E-state index in [-0.39, 0.29) is 54.6 Å². The van der Waals surface area contributed by atoms with Gasteiger partial charge in [0.25, 0.3) is 0 Å². The number of hydrogen-bond acceptors (Lipinski definition) is 10. The quantitative estimate of drug-likeness (QED) is 0.126. The van der Waals surface area contributed by atoms with Gasteiger partial charge in [0.15, 0.2) is 12.4 Å². The second-order valence-corrected chi connectivity index (χ2v) is 9.46. The lowest BCUT2D eigenvalue weighted by Crippen LogP contribution is -2.15. The number of ether oxygens (including phenoxy) is 4. The van der Waals surface area contributed by atoms with E-state index in [2.05, 4.69) is 0 Å². The van der Waals surface area contributed by atoms with Gasteiger partial charge in [-0.3, -0.25) is 4.79 Å². The second-order valence-electron chi connectivity index (χ2n) is 8.36. The van der Waals surface area contributed by atoms with Crippen molar-refractivity contribution in [3.63, 3.8) is 0 Å². The fourth-order valence-corrected chi connectivity index (χ4v) is 5.20. The van der Waals surface area contributed by atoms with Crippen molar-refractivity contribution in [1.29, 1.82) is 5.26 Å². The van der Waals surface area contributed by atoms with Crippen LogP contribution in [0.15, 0.2) is 42.0 Å². The van der Waals surface area contributed by atoms with Crippen molar-refractivity contribution in [1.82, 2.24) is 0 Å². The van der Waals surface area contributed by atoms with Crippen LogP contribution in [0.3, 0.4) is 0 Å². The van der Waals surface area contributed by atoms with Crippen molar-refractivity contribution >= 4 is 51.9 Å². The Kier molecular flexibility index (Phi) is 10.6. The third-order valence-corrected chi connectivity index (χ3v) is 7.04. The molecule has 0 saturated heterocycles. The summed E-state index contributed by atoms with van der Waals surface area (Å²) in [7, 11) is 0. The van der Waals surface area contributed by atoms with Crippen LogP contribution in [0.25, 0.3) is 16.8 Å². The summed E-state index contributed by atoms with van der Waals surface area (Å²) in [4.78, 5) is 51.0. The van der Waals surface area contributed by atoms with Gasteiger partial charge in [0.2, 0.25) is 0 Å². The minimum Gasteiger partial charge on any atom is -0.481 e. The van der Waals surface area contributed by atoms with Crippen LogP contribution < -0.4 is 4.74 Å². The average Bonchev–Trinajstić information content (AvgIpc) is 3.26. The summed E-state index contributed by atoms with van der Waals surface area (Å²) in [5.41, 5.74) is 0.712. The van der Waals surface area contributed by atoms with Crippen LogP contribution in [0.4, 0.5) is 0 Å². The number of thiophene rings is 1. The highest BCUT2D eigenvalue weighted by Crippen LogP contribution is 2.33. The number of nitriles is 1. The molecule has 40 heavy (non-hydrogen) atoms. The second kappa shape index (κ2) is 14.1. The van der Waals surface area contributed by atoms with Crippen molar-refractivity contribution < 1.29 is 38.1 Å². The number of esters is 3. The van der Waals surface area contributed by atoms with Gasteiger partial charge in [0.1, 0.15) is 16.7 Å². The van der Waals surface area contributed by atoms with Crippen molar-refractivity contribution in [2.24, 2.45) is 0 Å². The third kappa shape index (κ3) is 6.93. The Hall–Kier alpha value is -4.49. The minimum absolute atomic E-state index is 0.106. The third-order valence-electron chi connectivity index (χ3n) is 5.77. The Bertz CT molecular complexity index is 1510. The lowest BCUT2D eigenvalue weighted by Gasteiger charge is -2.12. The zero-order chi connectivity index (χ0) is 29.2. The molecule has 0 bridgehead atoms. The number of nitrogens with zero attached hydrogens (tertiary/aromatic N) is 1. The van der Waals surface area contributed by atoms with Crippen molar-refractivity contribution in [3.8, 4) is 11.8 Å². The Morgan fingerprint density at radius 1 is 0.925 bits per heavy atom. The molecular formula is C30H29NO8S. The Balaban J connectivity index is 2.04. The number of carbonyl (C=O) groups is 4. The predicted octanol–water partition coefficient (Wildman–Crippen LogP) is 5.22. The standard InChI is InChI=1S/C30H29NO8S/c1-5-36-26(33)17-39-24-13-12-19-10-8-9-11-21(19)22(24)14-20(16-31)23(32)15-25-27(29(34)37-6-2)18(4)28(40-25)30(35)38-7-3/h8-14H,5-7,15,17H2,1-4H3. The SMILES string of the molecule is CCOC(=O)COc1ccc2ccccc2c1C=C(C#N)C(=O)Cc1sc(C(=O)OCC)c(C)c1C(=O)OCC. The van der Waals surface area contributed by atoms with Crippen molar-refractivity contribution in [3.05, 3.63) is 68.4 Å². The summed E-state index contributed by atoms with van der Waals surface area (Å²) in [6, 6.07) is 12.7. The largest absolute Gasteiger partial charge is 0.481 e. The van der Waals surface area contributed by atoms with Gasteiger partial charge in [0.05, 0.1) is 31.0 Å². The number of carbonyl (C=O) groups excluding carboxylic acids is 4. The molecule has 0 saturated carbocycles. The maximum atomic E-state index is 13.4. The van der Waals surface area contributed by atoms with E-state index in [1.807, 2.05) is 24.3 Å². The maximum Gasteiger partial charge on any atom is 0.348 e. The molecule has 0 aliphatic heterocycles. The van der Waals surface area contributed by atoms with Crippen molar-refractivity contribution in [2.45, 2.75) is 34.1 Å².